The molecule has 4 fully saturated rings. The van der Waals surface area contributed by atoms with Crippen LogP contribution >= 0.6 is 0 Å². The summed E-state index contributed by atoms with van der Waals surface area (Å²) in [6.45, 7) is 43.4. The minimum Gasteiger partial charge on any atom is -0.374 e. The molecule has 4 saturated carbocycles. The molecule has 17 rings (SSSR count). The van der Waals surface area contributed by atoms with Crippen molar-refractivity contribution in [1.82, 2.24) is 15.3 Å². The second-order valence-electron chi connectivity index (χ2n) is 37.8. The highest BCUT2D eigenvalue weighted by atomic mass is 16.2. The second kappa shape index (κ2) is 28.1. The van der Waals surface area contributed by atoms with Crippen LogP contribution in [0.15, 0.2) is 186 Å². The topological polar surface area (TPSA) is 172 Å². The van der Waals surface area contributed by atoms with E-state index in [1.807, 2.05) is 36.4 Å². The maximum Gasteiger partial charge on any atom is 0.228 e. The van der Waals surface area contributed by atoms with Gasteiger partial charge in [0.25, 0.3) is 0 Å². The van der Waals surface area contributed by atoms with Gasteiger partial charge in [-0.25, -0.2) is 4.99 Å². The van der Waals surface area contributed by atoms with Crippen molar-refractivity contribution in [3.05, 3.63) is 292 Å². The summed E-state index contributed by atoms with van der Waals surface area (Å²) in [4.78, 5) is 74.3. The van der Waals surface area contributed by atoms with Crippen LogP contribution in [0.25, 0.3) is 66.8 Å². The first-order chi connectivity index (χ1) is 55.0. The normalized spacial score (nSPS) is 20.0. The van der Waals surface area contributed by atoms with Gasteiger partial charge >= 0.3 is 0 Å². The van der Waals surface area contributed by atoms with E-state index in [0.29, 0.717) is 61.9 Å². The summed E-state index contributed by atoms with van der Waals surface area (Å²) in [5, 5.41) is 19.7. The van der Waals surface area contributed by atoms with Gasteiger partial charge in [-0.1, -0.05) is 144 Å². The molecule has 588 valence electrons. The third-order valence-electron chi connectivity index (χ3n) is 26.3. The van der Waals surface area contributed by atoms with E-state index in [1.54, 1.807) is 0 Å². The number of anilines is 4. The number of rotatable bonds is 16. The predicted octanol–water partition coefficient (Wildman–Crippen LogP) is 21.8. The van der Waals surface area contributed by atoms with Crippen molar-refractivity contribution in [1.29, 1.82) is 0 Å². The molecule has 8 bridgehead atoms. The molecule has 10 aromatic rings. The fourth-order valence-corrected chi connectivity index (χ4v) is 19.8. The molecule has 5 heterocycles. The number of hydrogen-bond acceptors (Lipinski definition) is 6. The number of carbonyl (C=O) groups excluding carboxylic acids is 4. The third kappa shape index (κ3) is 14.2. The van der Waals surface area contributed by atoms with Crippen LogP contribution in [0.4, 0.5) is 22.7 Å². The molecular formula is C104H108N8O4. The Balaban J connectivity index is 1.01. The fraction of sp³-hybridized carbons (Fsp3) is 0.317. The fourth-order valence-electron chi connectivity index (χ4n) is 19.8. The Morgan fingerprint density at radius 2 is 0.664 bits per heavy atom. The SMILES string of the molecule is Cc1cc(C)c(-c2cc(C3=C4C=CC(=N4)C(c4c(NC(=O)C5CC5(C)C)cccc4NC(=O)C4CC4(C)C)=c4ccc([nH]4)=C(c4cc(-c5c(C)cc(C)cc5C)cc(-c5c(C)cc(C)cc5C)c4)C4C=CC(=C(c5c(NC(=O)C6CC6(C)C)cccc5NC(=O)C5CC5(C)C)c5ccc3[nH]5)N4)cc(-c3c(C)cc(C)cc3C)c2)c(C)c1. The molecule has 0 saturated heterocycles. The molecule has 3 aliphatic heterocycles. The lowest BCUT2D eigenvalue weighted by Crippen LogP contribution is -2.30. The van der Waals surface area contributed by atoms with E-state index in [9.17, 15) is 9.59 Å². The number of H-pyrrole nitrogens is 2. The standard InChI is InChI=1S/C104H108N8O4/c1-53-35-57(5)87(58(6)36-53)65-43-66(88-59(7)37-54(2)38-60(88)8)46-69(45-65)91-79-27-31-83(105-79)95(93-75(109-97(113)71-49-101(71,13)14)23-21-24-76(93)110-98(114)72-50-102(72,15)16)85-33-29-81(107-85)92(70-47-67(89-61(9)39-55(3)40-62(89)10)44-68(48-70)90-63(11)41-56(4)42-64(90)12)82-30-34-86(108-82)96(84-32-28-80(91)106-84)94-77(111-99(115)73-51-103(73,17)18)25-22-26-78(94)112-100(116)74-52-104(74,19)20/h21-48,71-74,79,105-107H,49-52H2,1-20H3,(H,109,113)(H,110,114)(H,111,115)(H,112,116). The summed E-state index contributed by atoms with van der Waals surface area (Å²) in [5.74, 6) is -1.21. The average Bonchev–Trinajstić information content (AvgIpc) is 1.13. The largest absolute Gasteiger partial charge is 0.374 e. The van der Waals surface area contributed by atoms with E-state index in [4.69, 9.17) is 4.99 Å². The van der Waals surface area contributed by atoms with E-state index < -0.39 is 6.04 Å². The lowest BCUT2D eigenvalue weighted by Gasteiger charge is -2.23. The summed E-state index contributed by atoms with van der Waals surface area (Å²) in [6.07, 6.45) is 11.6. The molecule has 5 atom stereocenters. The van der Waals surface area contributed by atoms with Crippen molar-refractivity contribution in [2.24, 2.45) is 50.3 Å². The number of carbonyl (C=O) groups is 4. The number of aryl methyl sites for hydroxylation is 12. The van der Waals surface area contributed by atoms with Crippen LogP contribution in [0.1, 0.15) is 181 Å². The predicted molar refractivity (Wildman–Crippen MR) is 477 cm³/mol. The summed E-state index contributed by atoms with van der Waals surface area (Å²) < 4.78 is 0. The molecule has 0 radical (unpaired) electrons. The van der Waals surface area contributed by atoms with Crippen LogP contribution in [0.5, 0.6) is 0 Å². The van der Waals surface area contributed by atoms with Gasteiger partial charge in [0.15, 0.2) is 0 Å². The number of amides is 4. The van der Waals surface area contributed by atoms with Crippen molar-refractivity contribution in [3.63, 3.8) is 0 Å². The summed E-state index contributed by atoms with van der Waals surface area (Å²) >= 11 is 0. The molecule has 4 aliphatic carbocycles. The van der Waals surface area contributed by atoms with Gasteiger partial charge in [-0.3, -0.25) is 19.2 Å². The Bertz CT molecular complexity index is 5930. The van der Waals surface area contributed by atoms with Crippen LogP contribution in [0, 0.1) is 128 Å². The number of nitrogens with one attached hydrogen (secondary N) is 7. The number of benzene rings is 8. The Labute approximate surface area is 683 Å². The Morgan fingerprint density at radius 3 is 1.02 bits per heavy atom. The van der Waals surface area contributed by atoms with Crippen LogP contribution in [-0.4, -0.2) is 45.4 Å². The second-order valence-corrected chi connectivity index (χ2v) is 37.8. The zero-order valence-electron chi connectivity index (χ0n) is 71.0. The number of fused-ring (bicyclic) bond motifs is 7. The summed E-state index contributed by atoms with van der Waals surface area (Å²) in [6, 6.07) is 52.0. The van der Waals surface area contributed by atoms with E-state index in [2.05, 4.69) is 309 Å². The van der Waals surface area contributed by atoms with Crippen molar-refractivity contribution in [3.8, 4) is 44.5 Å². The van der Waals surface area contributed by atoms with E-state index in [1.165, 1.54) is 44.5 Å². The highest BCUT2D eigenvalue weighted by Gasteiger charge is 2.54. The molecule has 116 heavy (non-hydrogen) atoms. The van der Waals surface area contributed by atoms with E-state index in [0.717, 1.165) is 137 Å². The lowest BCUT2D eigenvalue weighted by molar-refractivity contribution is -0.118. The first-order valence-corrected chi connectivity index (χ1v) is 41.5. The van der Waals surface area contributed by atoms with Gasteiger partial charge in [-0.15, -0.1) is 0 Å². The van der Waals surface area contributed by atoms with E-state index >= 15 is 9.59 Å². The van der Waals surface area contributed by atoms with Crippen LogP contribution < -0.4 is 37.3 Å². The third-order valence-corrected chi connectivity index (χ3v) is 26.3. The van der Waals surface area contributed by atoms with Crippen LogP contribution in [0.2, 0.25) is 0 Å². The quantitative estimate of drug-likeness (QED) is 0.0509. The number of aromatic nitrogens is 2. The summed E-state index contributed by atoms with van der Waals surface area (Å²) in [5.41, 5.74) is 34.1. The smallest absolute Gasteiger partial charge is 0.228 e. The van der Waals surface area contributed by atoms with Gasteiger partial charge < -0.3 is 36.6 Å². The molecule has 4 amide bonds. The van der Waals surface area contributed by atoms with Gasteiger partial charge in [-0.05, 0) is 334 Å². The Kier molecular flexibility index (Phi) is 18.6. The maximum absolute atomic E-state index is 15.0. The van der Waals surface area contributed by atoms with Gasteiger partial charge in [0.1, 0.15) is 0 Å². The number of hydrogen-bond donors (Lipinski definition) is 7. The van der Waals surface area contributed by atoms with Gasteiger partial charge in [0, 0.05) is 84.9 Å². The molecule has 7 aliphatic rings. The maximum atomic E-state index is 15.0. The summed E-state index contributed by atoms with van der Waals surface area (Å²) in [7, 11) is 0. The monoisotopic (exact) mass is 1530 g/mol. The molecule has 12 heteroatoms. The van der Waals surface area contributed by atoms with Crippen LogP contribution in [-0.2, 0) is 19.2 Å². The molecule has 7 N–H and O–H groups in total. The molecule has 5 unspecified atom stereocenters. The number of aliphatic imine (C=N–C) groups is 1. The van der Waals surface area contributed by atoms with Crippen LogP contribution in [0.3, 0.4) is 0 Å². The zero-order valence-corrected chi connectivity index (χ0v) is 71.0. The first-order valence-electron chi connectivity index (χ1n) is 41.5. The molecule has 12 nitrogen and oxygen atoms in total. The lowest BCUT2D eigenvalue weighted by atomic mass is 9.85. The van der Waals surface area contributed by atoms with Gasteiger partial charge in [0.05, 0.1) is 40.2 Å². The Morgan fingerprint density at radius 1 is 0.345 bits per heavy atom. The zero-order chi connectivity index (χ0) is 82.0. The molecular weight excluding hydrogens is 1430 g/mol. The number of nitrogens with zero attached hydrogens (tertiary/aromatic N) is 1. The molecule has 2 aromatic heterocycles. The Hall–Kier alpha value is -11.6. The van der Waals surface area contributed by atoms with Gasteiger partial charge in [0.2, 0.25) is 23.6 Å². The average molecular weight is 1530 g/mol. The van der Waals surface area contributed by atoms with Crippen molar-refractivity contribution in [2.75, 3.05) is 21.3 Å². The van der Waals surface area contributed by atoms with Crippen molar-refractivity contribution in [2.45, 2.75) is 170 Å². The minimum absolute atomic E-state index is 0.0781. The van der Waals surface area contributed by atoms with Gasteiger partial charge in [-0.2, -0.15) is 0 Å². The van der Waals surface area contributed by atoms with Crippen molar-refractivity contribution < 1.29 is 19.2 Å². The number of aromatic amines is 2. The number of allylic oxidation sites excluding steroid dienone is 3. The molecule has 8 aromatic carbocycles. The molecule has 0 spiro atoms. The highest BCUT2D eigenvalue weighted by molar-refractivity contribution is 6.33. The highest BCUT2D eigenvalue weighted by Crippen LogP contribution is 2.56. The minimum atomic E-state index is -0.556. The first kappa shape index (κ1) is 77.0. The van der Waals surface area contributed by atoms with E-state index in [-0.39, 0.29) is 69.0 Å². The van der Waals surface area contributed by atoms with Crippen molar-refractivity contribution >= 4 is 74.4 Å².